The van der Waals surface area contributed by atoms with Crippen molar-refractivity contribution in [2.24, 2.45) is 0 Å². The first-order chi connectivity index (χ1) is 9.00. The summed E-state index contributed by atoms with van der Waals surface area (Å²) in [7, 11) is 0. The summed E-state index contributed by atoms with van der Waals surface area (Å²) in [5, 5.41) is 11.2. The Labute approximate surface area is 113 Å². The van der Waals surface area contributed by atoms with Crippen molar-refractivity contribution < 1.29 is 5.11 Å². The van der Waals surface area contributed by atoms with Gasteiger partial charge in [0.1, 0.15) is 5.60 Å². The van der Waals surface area contributed by atoms with Gasteiger partial charge in [-0.2, -0.15) is 0 Å². The van der Waals surface area contributed by atoms with Crippen LogP contribution in [0.4, 0.5) is 5.69 Å². The lowest BCUT2D eigenvalue weighted by Gasteiger charge is -2.27. The molecule has 2 nitrogen and oxygen atoms in total. The second-order valence-electron chi connectivity index (χ2n) is 5.60. The molecule has 0 saturated heterocycles. The molecule has 0 heterocycles. The molecule has 0 aliphatic heterocycles. The van der Waals surface area contributed by atoms with E-state index < -0.39 is 5.60 Å². The summed E-state index contributed by atoms with van der Waals surface area (Å²) >= 11 is 0. The molecule has 0 bridgehead atoms. The maximum Gasteiger partial charge on any atom is 0.115 e. The van der Waals surface area contributed by atoms with E-state index in [1.54, 1.807) is 0 Å². The molecule has 0 fully saturated rings. The molecule has 2 aromatic rings. The summed E-state index contributed by atoms with van der Waals surface area (Å²) in [6.07, 6.45) is 1.61. The van der Waals surface area contributed by atoms with Crippen LogP contribution in [0.2, 0.25) is 0 Å². The molecular weight excluding hydrogens is 234 g/mol. The SMILES string of the molecule is Cc1ccc(C)c(C2(O)CCc3cc(N)ccc32)c1. The van der Waals surface area contributed by atoms with E-state index in [1.165, 1.54) is 11.1 Å². The van der Waals surface area contributed by atoms with Crippen LogP contribution in [0.5, 0.6) is 0 Å². The minimum atomic E-state index is -0.862. The first-order valence-electron chi connectivity index (χ1n) is 6.70. The van der Waals surface area contributed by atoms with Gasteiger partial charge in [-0.1, -0.05) is 29.8 Å². The fraction of sp³-hybridized carbons (Fsp3) is 0.294. The molecule has 98 valence electrons. The van der Waals surface area contributed by atoms with Crippen LogP contribution in [0.25, 0.3) is 0 Å². The third-order valence-electron chi connectivity index (χ3n) is 4.17. The minimum absolute atomic E-state index is 0.732. The predicted octanol–water partition coefficient (Wildman–Crippen LogP) is 3.07. The average molecular weight is 253 g/mol. The van der Waals surface area contributed by atoms with E-state index in [9.17, 15) is 5.11 Å². The Morgan fingerprint density at radius 3 is 2.63 bits per heavy atom. The first-order valence-corrected chi connectivity index (χ1v) is 6.70. The molecule has 2 heteroatoms. The van der Waals surface area contributed by atoms with Crippen molar-refractivity contribution in [1.82, 2.24) is 0 Å². The average Bonchev–Trinajstić information content (AvgIpc) is 2.70. The molecule has 19 heavy (non-hydrogen) atoms. The van der Waals surface area contributed by atoms with Crippen LogP contribution in [0.3, 0.4) is 0 Å². The van der Waals surface area contributed by atoms with Gasteiger partial charge in [-0.05, 0) is 61.1 Å². The van der Waals surface area contributed by atoms with Crippen molar-refractivity contribution in [3.63, 3.8) is 0 Å². The molecule has 0 saturated carbocycles. The van der Waals surface area contributed by atoms with Gasteiger partial charge < -0.3 is 10.8 Å². The number of benzene rings is 2. The topological polar surface area (TPSA) is 46.2 Å². The number of nitrogen functional groups attached to an aromatic ring is 1. The molecule has 1 aliphatic rings. The van der Waals surface area contributed by atoms with Gasteiger partial charge in [-0.25, -0.2) is 0 Å². The molecule has 1 atom stereocenters. The van der Waals surface area contributed by atoms with Gasteiger partial charge in [0.05, 0.1) is 0 Å². The van der Waals surface area contributed by atoms with Gasteiger partial charge in [0.25, 0.3) is 0 Å². The molecule has 0 amide bonds. The summed E-state index contributed by atoms with van der Waals surface area (Å²) in [6.45, 7) is 4.12. The normalized spacial score (nSPS) is 21.4. The third kappa shape index (κ3) is 1.83. The highest BCUT2D eigenvalue weighted by atomic mass is 16.3. The van der Waals surface area contributed by atoms with E-state index in [0.717, 1.165) is 35.2 Å². The van der Waals surface area contributed by atoms with Crippen molar-refractivity contribution in [3.8, 4) is 0 Å². The highest BCUT2D eigenvalue weighted by Gasteiger charge is 2.39. The fourth-order valence-corrected chi connectivity index (χ4v) is 3.14. The molecule has 1 aliphatic carbocycles. The van der Waals surface area contributed by atoms with Crippen molar-refractivity contribution in [1.29, 1.82) is 0 Å². The largest absolute Gasteiger partial charge is 0.399 e. The number of aliphatic hydroxyl groups is 1. The summed E-state index contributed by atoms with van der Waals surface area (Å²) in [5.41, 5.74) is 11.3. The molecule has 2 aromatic carbocycles. The van der Waals surface area contributed by atoms with E-state index >= 15 is 0 Å². The van der Waals surface area contributed by atoms with Gasteiger partial charge in [-0.3, -0.25) is 0 Å². The monoisotopic (exact) mass is 253 g/mol. The third-order valence-corrected chi connectivity index (χ3v) is 4.17. The lowest BCUT2D eigenvalue weighted by atomic mass is 9.84. The molecular formula is C17H19NO. The zero-order chi connectivity index (χ0) is 13.6. The summed E-state index contributed by atoms with van der Waals surface area (Å²) in [6, 6.07) is 12.1. The quantitative estimate of drug-likeness (QED) is 0.767. The van der Waals surface area contributed by atoms with Crippen LogP contribution >= 0.6 is 0 Å². The van der Waals surface area contributed by atoms with Gasteiger partial charge in [-0.15, -0.1) is 0 Å². The van der Waals surface area contributed by atoms with Crippen LogP contribution in [0, 0.1) is 13.8 Å². The van der Waals surface area contributed by atoms with E-state index in [-0.39, 0.29) is 0 Å². The van der Waals surface area contributed by atoms with E-state index in [0.29, 0.717) is 0 Å². The van der Waals surface area contributed by atoms with Gasteiger partial charge >= 0.3 is 0 Å². The molecule has 3 N–H and O–H groups in total. The van der Waals surface area contributed by atoms with E-state index in [1.807, 2.05) is 18.2 Å². The van der Waals surface area contributed by atoms with Crippen molar-refractivity contribution in [3.05, 3.63) is 64.2 Å². The smallest absolute Gasteiger partial charge is 0.115 e. The van der Waals surface area contributed by atoms with Crippen molar-refractivity contribution in [2.75, 3.05) is 5.73 Å². The Balaban J connectivity index is 2.19. The maximum atomic E-state index is 11.2. The number of hydrogen-bond acceptors (Lipinski definition) is 2. The van der Waals surface area contributed by atoms with Crippen LogP contribution < -0.4 is 5.73 Å². The second-order valence-corrected chi connectivity index (χ2v) is 5.60. The number of hydrogen-bond donors (Lipinski definition) is 2. The number of nitrogens with two attached hydrogens (primary N) is 1. The number of aryl methyl sites for hydroxylation is 3. The standard InChI is InChI=1S/C17H19NO/c1-11-3-4-12(2)16(9-11)17(19)8-7-13-10-14(18)5-6-15(13)17/h3-6,9-10,19H,7-8,18H2,1-2H3. The van der Waals surface area contributed by atoms with Crippen LogP contribution in [0.1, 0.15) is 34.2 Å². The maximum absolute atomic E-state index is 11.2. The van der Waals surface area contributed by atoms with Gasteiger partial charge in [0, 0.05) is 5.69 Å². The number of anilines is 1. The fourth-order valence-electron chi connectivity index (χ4n) is 3.14. The predicted molar refractivity (Wildman–Crippen MR) is 78.1 cm³/mol. The zero-order valence-corrected chi connectivity index (χ0v) is 11.4. The molecule has 0 spiro atoms. The van der Waals surface area contributed by atoms with Crippen LogP contribution in [-0.2, 0) is 12.0 Å². The van der Waals surface area contributed by atoms with Crippen molar-refractivity contribution in [2.45, 2.75) is 32.3 Å². The second kappa shape index (κ2) is 4.10. The Morgan fingerprint density at radius 2 is 1.84 bits per heavy atom. The Bertz CT molecular complexity index is 648. The van der Waals surface area contributed by atoms with Gasteiger partial charge in [0.2, 0.25) is 0 Å². The Morgan fingerprint density at radius 1 is 1.05 bits per heavy atom. The minimum Gasteiger partial charge on any atom is -0.399 e. The Hall–Kier alpha value is -1.80. The summed E-state index contributed by atoms with van der Waals surface area (Å²) < 4.78 is 0. The number of rotatable bonds is 1. The van der Waals surface area contributed by atoms with Crippen LogP contribution in [-0.4, -0.2) is 5.11 Å². The van der Waals surface area contributed by atoms with Gasteiger partial charge in [0.15, 0.2) is 0 Å². The zero-order valence-electron chi connectivity index (χ0n) is 11.4. The lowest BCUT2D eigenvalue weighted by Crippen LogP contribution is -2.25. The molecule has 1 unspecified atom stereocenters. The first kappa shape index (κ1) is 12.2. The molecule has 3 rings (SSSR count). The summed E-state index contributed by atoms with van der Waals surface area (Å²) in [5.74, 6) is 0. The molecule has 0 aromatic heterocycles. The lowest BCUT2D eigenvalue weighted by molar-refractivity contribution is 0.0822. The Kier molecular flexibility index (Phi) is 2.64. The van der Waals surface area contributed by atoms with E-state index in [4.69, 9.17) is 5.73 Å². The highest BCUT2D eigenvalue weighted by molar-refractivity contribution is 5.53. The summed E-state index contributed by atoms with van der Waals surface area (Å²) in [4.78, 5) is 0. The highest BCUT2D eigenvalue weighted by Crippen LogP contribution is 2.43. The van der Waals surface area contributed by atoms with E-state index in [2.05, 4.69) is 32.0 Å². The van der Waals surface area contributed by atoms with Crippen LogP contribution in [0.15, 0.2) is 36.4 Å². The number of fused-ring (bicyclic) bond motifs is 1. The van der Waals surface area contributed by atoms with Crippen molar-refractivity contribution >= 4 is 5.69 Å². The molecule has 0 radical (unpaired) electrons.